The maximum absolute atomic E-state index is 12.1. The molecule has 0 aliphatic rings. The minimum Gasteiger partial charge on any atom is -0.383 e. The Morgan fingerprint density at radius 2 is 2.12 bits per heavy atom. The number of carbonyl (C=O) groups is 1. The number of ether oxygens (including phenoxy) is 1. The number of thioether (sulfide) groups is 1. The van der Waals surface area contributed by atoms with Gasteiger partial charge in [-0.05, 0) is 23.6 Å². The van der Waals surface area contributed by atoms with E-state index in [-0.39, 0.29) is 11.7 Å². The first-order chi connectivity index (χ1) is 12.3. The van der Waals surface area contributed by atoms with E-state index in [2.05, 4.69) is 15.5 Å². The Labute approximate surface area is 154 Å². The van der Waals surface area contributed by atoms with Gasteiger partial charge in [-0.25, -0.2) is 0 Å². The molecule has 0 unspecified atom stereocenters. The number of aromatic nitrogens is 3. The largest absolute Gasteiger partial charge is 0.383 e. The first-order valence-electron chi connectivity index (χ1n) is 7.70. The average molecular weight is 374 g/mol. The fourth-order valence-electron chi connectivity index (χ4n) is 2.23. The molecule has 3 rings (SSSR count). The highest BCUT2D eigenvalue weighted by atomic mass is 32.2. The number of carbonyl (C=O) groups excluding carboxylic acids is 1. The summed E-state index contributed by atoms with van der Waals surface area (Å²) in [6.45, 7) is 1.19. The van der Waals surface area contributed by atoms with Gasteiger partial charge in [0.25, 0.3) is 0 Å². The zero-order valence-corrected chi connectivity index (χ0v) is 15.3. The van der Waals surface area contributed by atoms with Crippen LogP contribution < -0.4 is 5.32 Å². The van der Waals surface area contributed by atoms with Crippen molar-refractivity contribution in [1.29, 1.82) is 0 Å². The number of anilines is 1. The van der Waals surface area contributed by atoms with Crippen molar-refractivity contribution in [3.05, 3.63) is 47.2 Å². The molecule has 25 heavy (non-hydrogen) atoms. The Hall–Kier alpha value is -2.16. The number of amides is 1. The fourth-order valence-corrected chi connectivity index (χ4v) is 3.63. The number of benzene rings is 1. The summed E-state index contributed by atoms with van der Waals surface area (Å²) >= 11 is 2.98. The van der Waals surface area contributed by atoms with E-state index in [9.17, 15) is 4.79 Å². The zero-order chi connectivity index (χ0) is 17.5. The van der Waals surface area contributed by atoms with E-state index in [1.807, 2.05) is 51.7 Å². The van der Waals surface area contributed by atoms with Crippen molar-refractivity contribution in [3.8, 4) is 11.4 Å². The van der Waals surface area contributed by atoms with E-state index >= 15 is 0 Å². The molecule has 8 heteroatoms. The van der Waals surface area contributed by atoms with Crippen molar-refractivity contribution in [2.45, 2.75) is 11.7 Å². The molecule has 2 heterocycles. The van der Waals surface area contributed by atoms with Crippen LogP contribution in [0.5, 0.6) is 0 Å². The molecule has 0 saturated carbocycles. The van der Waals surface area contributed by atoms with Gasteiger partial charge in [0, 0.05) is 23.7 Å². The van der Waals surface area contributed by atoms with E-state index in [4.69, 9.17) is 4.74 Å². The molecule has 0 atom stereocenters. The summed E-state index contributed by atoms with van der Waals surface area (Å²) in [5, 5.41) is 16.1. The van der Waals surface area contributed by atoms with Gasteiger partial charge < -0.3 is 10.1 Å². The van der Waals surface area contributed by atoms with Crippen molar-refractivity contribution in [3.63, 3.8) is 0 Å². The van der Waals surface area contributed by atoms with Crippen LogP contribution in [-0.2, 0) is 16.1 Å². The number of hydrogen-bond acceptors (Lipinski definition) is 6. The summed E-state index contributed by atoms with van der Waals surface area (Å²) in [5.41, 5.74) is 1.81. The van der Waals surface area contributed by atoms with Gasteiger partial charge in [0.15, 0.2) is 11.0 Å². The standard InChI is InChI=1S/C17H18N4O2S2/c1-23-9-8-21-16(13-7-10-24-11-13)19-20-17(21)25-12-15(22)18-14-5-3-2-4-6-14/h2-7,10-11H,8-9,12H2,1H3,(H,18,22). The van der Waals surface area contributed by atoms with Crippen LogP contribution in [0.4, 0.5) is 5.69 Å². The predicted molar refractivity (Wildman–Crippen MR) is 101 cm³/mol. The topological polar surface area (TPSA) is 69.0 Å². The molecule has 3 aromatic rings. The molecule has 1 N–H and O–H groups in total. The quantitative estimate of drug-likeness (QED) is 0.612. The van der Waals surface area contributed by atoms with Crippen LogP contribution in [-0.4, -0.2) is 40.1 Å². The third-order valence-electron chi connectivity index (χ3n) is 3.41. The number of thiophene rings is 1. The van der Waals surface area contributed by atoms with Crippen molar-refractivity contribution in [1.82, 2.24) is 14.8 Å². The highest BCUT2D eigenvalue weighted by molar-refractivity contribution is 7.99. The number of nitrogens with zero attached hydrogens (tertiary/aromatic N) is 3. The number of rotatable bonds is 8. The van der Waals surface area contributed by atoms with Crippen molar-refractivity contribution < 1.29 is 9.53 Å². The van der Waals surface area contributed by atoms with Gasteiger partial charge in [0.2, 0.25) is 5.91 Å². The molecule has 0 radical (unpaired) electrons. The minimum absolute atomic E-state index is 0.0745. The Kier molecular flexibility index (Phi) is 6.21. The molecule has 0 aliphatic carbocycles. The lowest BCUT2D eigenvalue weighted by atomic mass is 10.3. The number of nitrogens with one attached hydrogen (secondary N) is 1. The van der Waals surface area contributed by atoms with Crippen LogP contribution in [0.25, 0.3) is 11.4 Å². The Morgan fingerprint density at radius 3 is 2.84 bits per heavy atom. The fraction of sp³-hybridized carbons (Fsp3) is 0.235. The lowest BCUT2D eigenvalue weighted by Crippen LogP contribution is -2.15. The van der Waals surface area contributed by atoms with Gasteiger partial charge in [0.05, 0.1) is 18.9 Å². The molecule has 130 valence electrons. The van der Waals surface area contributed by atoms with Crippen LogP contribution in [0.3, 0.4) is 0 Å². The second kappa shape index (κ2) is 8.80. The summed E-state index contributed by atoms with van der Waals surface area (Å²) in [7, 11) is 1.66. The summed E-state index contributed by atoms with van der Waals surface area (Å²) in [5.74, 6) is 0.989. The Morgan fingerprint density at radius 1 is 1.28 bits per heavy atom. The zero-order valence-electron chi connectivity index (χ0n) is 13.7. The first-order valence-corrected chi connectivity index (χ1v) is 9.63. The molecule has 6 nitrogen and oxygen atoms in total. The molecule has 0 saturated heterocycles. The maximum atomic E-state index is 12.1. The predicted octanol–water partition coefficient (Wildman–Crippen LogP) is 3.38. The van der Waals surface area contributed by atoms with E-state index in [0.717, 1.165) is 17.1 Å². The third kappa shape index (κ3) is 4.68. The van der Waals surface area contributed by atoms with Gasteiger partial charge >= 0.3 is 0 Å². The third-order valence-corrected chi connectivity index (χ3v) is 5.06. The molecular weight excluding hydrogens is 356 g/mol. The van der Waals surface area contributed by atoms with Crippen LogP contribution in [0.15, 0.2) is 52.3 Å². The molecule has 0 fully saturated rings. The van der Waals surface area contributed by atoms with E-state index in [0.29, 0.717) is 18.3 Å². The highest BCUT2D eigenvalue weighted by Crippen LogP contribution is 2.25. The second-order valence-corrected chi connectivity index (χ2v) is 6.89. The van der Waals surface area contributed by atoms with Crippen LogP contribution >= 0.6 is 23.1 Å². The molecule has 0 aliphatic heterocycles. The SMILES string of the molecule is COCCn1c(SCC(=O)Nc2ccccc2)nnc1-c1ccsc1. The van der Waals surface area contributed by atoms with Crippen LogP contribution in [0.1, 0.15) is 0 Å². The van der Waals surface area contributed by atoms with E-state index in [1.165, 1.54) is 11.8 Å². The summed E-state index contributed by atoms with van der Waals surface area (Å²) in [6, 6.07) is 11.4. The number of methoxy groups -OCH3 is 1. The molecule has 2 aromatic heterocycles. The van der Waals surface area contributed by atoms with Crippen molar-refractivity contribution >= 4 is 34.7 Å². The van der Waals surface area contributed by atoms with E-state index < -0.39 is 0 Å². The second-order valence-electron chi connectivity index (χ2n) is 5.17. The Balaban J connectivity index is 1.68. The summed E-state index contributed by atoms with van der Waals surface area (Å²) in [4.78, 5) is 12.1. The monoisotopic (exact) mass is 374 g/mol. The molecule has 0 spiro atoms. The number of para-hydroxylation sites is 1. The highest BCUT2D eigenvalue weighted by Gasteiger charge is 2.16. The lowest BCUT2D eigenvalue weighted by molar-refractivity contribution is -0.113. The van der Waals surface area contributed by atoms with Gasteiger partial charge in [-0.15, -0.1) is 10.2 Å². The summed E-state index contributed by atoms with van der Waals surface area (Å²) in [6.07, 6.45) is 0. The molecular formula is C17H18N4O2S2. The lowest BCUT2D eigenvalue weighted by Gasteiger charge is -2.09. The number of hydrogen-bond donors (Lipinski definition) is 1. The summed E-state index contributed by atoms with van der Waals surface area (Å²) < 4.78 is 7.18. The average Bonchev–Trinajstić information content (AvgIpc) is 3.28. The van der Waals surface area contributed by atoms with Crippen LogP contribution in [0.2, 0.25) is 0 Å². The van der Waals surface area contributed by atoms with Crippen LogP contribution in [0, 0.1) is 0 Å². The van der Waals surface area contributed by atoms with Gasteiger partial charge in [-0.2, -0.15) is 11.3 Å². The maximum Gasteiger partial charge on any atom is 0.234 e. The van der Waals surface area contributed by atoms with Crippen molar-refractivity contribution in [2.75, 3.05) is 24.8 Å². The van der Waals surface area contributed by atoms with Gasteiger partial charge in [-0.1, -0.05) is 30.0 Å². The van der Waals surface area contributed by atoms with Crippen molar-refractivity contribution in [2.24, 2.45) is 0 Å². The molecule has 1 aromatic carbocycles. The van der Waals surface area contributed by atoms with Gasteiger partial charge in [-0.3, -0.25) is 9.36 Å². The smallest absolute Gasteiger partial charge is 0.234 e. The van der Waals surface area contributed by atoms with E-state index in [1.54, 1.807) is 18.4 Å². The Bertz CT molecular complexity index is 803. The normalized spacial score (nSPS) is 10.8. The molecule has 0 bridgehead atoms. The molecule has 1 amide bonds. The minimum atomic E-state index is -0.0745. The van der Waals surface area contributed by atoms with Gasteiger partial charge in [0.1, 0.15) is 0 Å². The first kappa shape index (κ1) is 17.7.